The van der Waals surface area contributed by atoms with E-state index in [9.17, 15) is 14.7 Å². The number of aliphatic hydroxyl groups is 1. The maximum absolute atomic E-state index is 12.6. The summed E-state index contributed by atoms with van der Waals surface area (Å²) < 4.78 is 0. The number of amides is 2. The van der Waals surface area contributed by atoms with E-state index in [0.29, 0.717) is 19.5 Å². The molecule has 5 nitrogen and oxygen atoms in total. The van der Waals surface area contributed by atoms with Crippen molar-refractivity contribution in [2.24, 2.45) is 0 Å². The first-order valence-corrected chi connectivity index (χ1v) is 8.06. The van der Waals surface area contributed by atoms with Crippen LogP contribution in [0.5, 0.6) is 0 Å². The van der Waals surface area contributed by atoms with Gasteiger partial charge in [-0.1, -0.05) is 29.8 Å². The molecule has 1 fully saturated rings. The normalized spacial score (nSPS) is 20.6. The van der Waals surface area contributed by atoms with Crippen LogP contribution in [-0.4, -0.2) is 52.5 Å². The highest BCUT2D eigenvalue weighted by atomic mass is 16.3. The summed E-state index contributed by atoms with van der Waals surface area (Å²) in [6.07, 6.45) is 1.67. The molecule has 2 rings (SSSR count). The third-order valence-corrected chi connectivity index (χ3v) is 4.68. The summed E-state index contributed by atoms with van der Waals surface area (Å²) in [5.41, 5.74) is 1.51. The second kappa shape index (κ2) is 7.13. The molecular formula is C18H26N2O3. The van der Waals surface area contributed by atoms with Gasteiger partial charge in [0.25, 0.3) is 0 Å². The molecule has 0 aromatic heterocycles. The van der Waals surface area contributed by atoms with Crippen molar-refractivity contribution in [1.82, 2.24) is 9.80 Å². The Morgan fingerprint density at radius 2 is 2.13 bits per heavy atom. The smallest absolute Gasteiger partial charge is 0.225 e. The van der Waals surface area contributed by atoms with Gasteiger partial charge in [-0.05, 0) is 25.3 Å². The Bertz CT molecular complexity index is 587. The SMILES string of the molecule is CC(=O)N1CCC[C@]1(CO)CC(=O)N(C)Cc1cccc(C)c1. The lowest BCUT2D eigenvalue weighted by Gasteiger charge is -2.37. The van der Waals surface area contributed by atoms with Crippen molar-refractivity contribution in [2.45, 2.75) is 45.2 Å². The highest BCUT2D eigenvalue weighted by molar-refractivity contribution is 5.80. The highest BCUT2D eigenvalue weighted by Crippen LogP contribution is 2.33. The number of hydrogen-bond donors (Lipinski definition) is 1. The predicted octanol–water partition coefficient (Wildman–Crippen LogP) is 1.72. The number of rotatable bonds is 5. The van der Waals surface area contributed by atoms with Gasteiger partial charge in [0, 0.05) is 27.1 Å². The predicted molar refractivity (Wildman–Crippen MR) is 88.7 cm³/mol. The molecule has 1 heterocycles. The van der Waals surface area contributed by atoms with Crippen molar-refractivity contribution in [1.29, 1.82) is 0 Å². The van der Waals surface area contributed by atoms with E-state index in [1.165, 1.54) is 6.92 Å². The van der Waals surface area contributed by atoms with Crippen LogP contribution in [0.3, 0.4) is 0 Å². The zero-order valence-electron chi connectivity index (χ0n) is 14.2. The summed E-state index contributed by atoms with van der Waals surface area (Å²) in [5.74, 6) is -0.126. The second-order valence-corrected chi connectivity index (χ2v) is 6.57. The Kier molecular flexibility index (Phi) is 5.42. The first kappa shape index (κ1) is 17.5. The molecule has 1 aliphatic heterocycles. The molecule has 1 aromatic rings. The molecule has 0 unspecified atom stereocenters. The largest absolute Gasteiger partial charge is 0.394 e. The molecule has 0 saturated carbocycles. The minimum atomic E-state index is -0.732. The molecule has 1 saturated heterocycles. The van der Waals surface area contributed by atoms with Crippen LogP contribution in [0.1, 0.15) is 37.3 Å². The fourth-order valence-electron chi connectivity index (χ4n) is 3.42. The van der Waals surface area contributed by atoms with E-state index in [2.05, 4.69) is 6.07 Å². The second-order valence-electron chi connectivity index (χ2n) is 6.57. The average molecular weight is 318 g/mol. The molecule has 0 spiro atoms. The van der Waals surface area contributed by atoms with Gasteiger partial charge in [0.1, 0.15) is 0 Å². The van der Waals surface area contributed by atoms with E-state index < -0.39 is 5.54 Å². The third-order valence-electron chi connectivity index (χ3n) is 4.68. The number of nitrogens with zero attached hydrogens (tertiary/aromatic N) is 2. The Morgan fingerprint density at radius 1 is 1.39 bits per heavy atom. The third kappa shape index (κ3) is 3.91. The Balaban J connectivity index is 2.06. The fraction of sp³-hybridized carbons (Fsp3) is 0.556. The Labute approximate surface area is 137 Å². The van der Waals surface area contributed by atoms with E-state index in [0.717, 1.165) is 17.5 Å². The molecule has 1 aliphatic rings. The molecule has 1 aromatic carbocycles. The summed E-state index contributed by atoms with van der Waals surface area (Å²) in [5, 5.41) is 9.83. The number of aryl methyl sites for hydroxylation is 1. The van der Waals surface area contributed by atoms with E-state index in [-0.39, 0.29) is 24.8 Å². The van der Waals surface area contributed by atoms with Gasteiger partial charge >= 0.3 is 0 Å². The summed E-state index contributed by atoms with van der Waals surface area (Å²) in [6.45, 7) is 4.50. The maximum atomic E-state index is 12.6. The van der Waals surface area contributed by atoms with Gasteiger partial charge < -0.3 is 14.9 Å². The van der Waals surface area contributed by atoms with Gasteiger partial charge in [-0.2, -0.15) is 0 Å². The van der Waals surface area contributed by atoms with Gasteiger partial charge in [-0.3, -0.25) is 9.59 Å². The van der Waals surface area contributed by atoms with E-state index in [1.54, 1.807) is 16.8 Å². The van der Waals surface area contributed by atoms with Crippen LogP contribution in [-0.2, 0) is 16.1 Å². The summed E-state index contributed by atoms with van der Waals surface area (Å²) in [7, 11) is 1.77. The van der Waals surface area contributed by atoms with Crippen LogP contribution in [0.4, 0.5) is 0 Å². The van der Waals surface area contributed by atoms with Crippen LogP contribution in [0.15, 0.2) is 24.3 Å². The summed E-state index contributed by atoms with van der Waals surface area (Å²) >= 11 is 0. The topological polar surface area (TPSA) is 60.9 Å². The molecule has 1 N–H and O–H groups in total. The van der Waals surface area contributed by atoms with Crippen LogP contribution >= 0.6 is 0 Å². The number of hydrogen-bond acceptors (Lipinski definition) is 3. The number of likely N-dealkylation sites (tertiary alicyclic amines) is 1. The van der Waals surface area contributed by atoms with Crippen molar-refractivity contribution < 1.29 is 14.7 Å². The Morgan fingerprint density at radius 3 is 2.74 bits per heavy atom. The van der Waals surface area contributed by atoms with Crippen LogP contribution < -0.4 is 0 Å². The average Bonchev–Trinajstić information content (AvgIpc) is 2.91. The minimum absolute atomic E-state index is 0.0475. The molecule has 2 amide bonds. The van der Waals surface area contributed by atoms with E-state index >= 15 is 0 Å². The zero-order valence-corrected chi connectivity index (χ0v) is 14.2. The van der Waals surface area contributed by atoms with Crippen molar-refractivity contribution in [3.8, 4) is 0 Å². The molecule has 0 radical (unpaired) electrons. The van der Waals surface area contributed by atoms with Crippen LogP contribution in [0.25, 0.3) is 0 Å². The van der Waals surface area contributed by atoms with Gasteiger partial charge in [0.05, 0.1) is 18.6 Å². The number of carbonyl (C=O) groups is 2. The molecule has 5 heteroatoms. The van der Waals surface area contributed by atoms with Crippen molar-refractivity contribution in [3.63, 3.8) is 0 Å². The number of benzene rings is 1. The maximum Gasteiger partial charge on any atom is 0.225 e. The van der Waals surface area contributed by atoms with E-state index in [4.69, 9.17) is 0 Å². The van der Waals surface area contributed by atoms with Gasteiger partial charge in [0.15, 0.2) is 0 Å². The van der Waals surface area contributed by atoms with Gasteiger partial charge in [-0.25, -0.2) is 0 Å². The number of aliphatic hydroxyl groups excluding tert-OH is 1. The first-order valence-electron chi connectivity index (χ1n) is 8.06. The van der Waals surface area contributed by atoms with Crippen molar-refractivity contribution in [2.75, 3.05) is 20.2 Å². The standard InChI is InChI=1S/C18H26N2O3/c1-14-6-4-7-16(10-14)12-19(3)17(23)11-18(13-21)8-5-9-20(18)15(2)22/h4,6-7,10,21H,5,8-9,11-13H2,1-3H3/t18-/m1/s1. The molecule has 126 valence electrons. The molecular weight excluding hydrogens is 292 g/mol. The number of carbonyl (C=O) groups excluding carboxylic acids is 2. The van der Waals surface area contributed by atoms with Gasteiger partial charge in [0.2, 0.25) is 11.8 Å². The first-order chi connectivity index (χ1) is 10.9. The van der Waals surface area contributed by atoms with Crippen molar-refractivity contribution >= 4 is 11.8 Å². The van der Waals surface area contributed by atoms with Crippen LogP contribution in [0, 0.1) is 6.92 Å². The minimum Gasteiger partial charge on any atom is -0.394 e. The van der Waals surface area contributed by atoms with Crippen molar-refractivity contribution in [3.05, 3.63) is 35.4 Å². The lowest BCUT2D eigenvalue weighted by atomic mass is 9.92. The zero-order chi connectivity index (χ0) is 17.0. The molecule has 0 aliphatic carbocycles. The monoisotopic (exact) mass is 318 g/mol. The quantitative estimate of drug-likeness (QED) is 0.899. The highest BCUT2D eigenvalue weighted by Gasteiger charge is 2.44. The molecule has 1 atom stereocenters. The van der Waals surface area contributed by atoms with E-state index in [1.807, 2.05) is 25.1 Å². The Hall–Kier alpha value is -1.88. The lowest BCUT2D eigenvalue weighted by molar-refractivity contribution is -0.140. The lowest BCUT2D eigenvalue weighted by Crippen LogP contribution is -2.52. The van der Waals surface area contributed by atoms with Crippen LogP contribution in [0.2, 0.25) is 0 Å². The fourth-order valence-corrected chi connectivity index (χ4v) is 3.42. The summed E-state index contributed by atoms with van der Waals surface area (Å²) in [6, 6.07) is 8.06. The summed E-state index contributed by atoms with van der Waals surface area (Å²) in [4.78, 5) is 27.7. The van der Waals surface area contributed by atoms with Gasteiger partial charge in [-0.15, -0.1) is 0 Å². The molecule has 23 heavy (non-hydrogen) atoms. The molecule has 0 bridgehead atoms.